The highest BCUT2D eigenvalue weighted by molar-refractivity contribution is 7.47. The van der Waals surface area contributed by atoms with E-state index in [1.165, 1.54) is 64.2 Å². The monoisotopic (exact) mass is 1530 g/mol. The normalized spacial score (nSPS) is 14.5. The van der Waals surface area contributed by atoms with Gasteiger partial charge < -0.3 is 33.8 Å². The van der Waals surface area contributed by atoms with Crippen LogP contribution in [0.15, 0.2) is 134 Å². The lowest BCUT2D eigenvalue weighted by molar-refractivity contribution is -0.161. The van der Waals surface area contributed by atoms with E-state index < -0.39 is 97.5 Å². The van der Waals surface area contributed by atoms with Crippen molar-refractivity contribution < 1.29 is 80.2 Å². The topological polar surface area (TPSA) is 237 Å². The van der Waals surface area contributed by atoms with E-state index in [0.717, 1.165) is 193 Å². The van der Waals surface area contributed by atoms with Crippen LogP contribution in [-0.2, 0) is 65.4 Å². The Bertz CT molecular complexity index is 2530. The summed E-state index contributed by atoms with van der Waals surface area (Å²) in [5, 5.41) is 10.7. The summed E-state index contributed by atoms with van der Waals surface area (Å²) in [5.74, 6) is -2.23. The zero-order valence-corrected chi connectivity index (χ0v) is 68.4. The van der Waals surface area contributed by atoms with Gasteiger partial charge in [0.25, 0.3) is 0 Å². The highest BCUT2D eigenvalue weighted by Crippen LogP contribution is 2.45. The molecule has 608 valence electrons. The number of aliphatic hydroxyl groups excluding tert-OH is 1. The lowest BCUT2D eigenvalue weighted by atomic mass is 10.0. The minimum absolute atomic E-state index is 0.0724. The second-order valence-electron chi connectivity index (χ2n) is 27.3. The van der Waals surface area contributed by atoms with Gasteiger partial charge in [-0.15, -0.1) is 0 Å². The summed E-state index contributed by atoms with van der Waals surface area (Å²) in [6.07, 6.45) is 88.5. The van der Waals surface area contributed by atoms with Crippen molar-refractivity contribution in [2.24, 2.45) is 0 Å². The predicted molar refractivity (Wildman–Crippen MR) is 436 cm³/mol. The number of aliphatic hydroxyl groups is 1. The third kappa shape index (κ3) is 77.4. The molecule has 19 heteroatoms. The molecular weight excluding hydrogens is 1380 g/mol. The standard InChI is InChI=1S/C87H148O17P2/c1-5-9-13-17-21-25-29-33-36-38-40-42-45-48-51-55-59-63-67-71-84(89)97-77-82(103-86(91)73-69-65-61-57-53-47-32-28-24-20-16-12-8-4)79-101-105(93,94)99-75-81(88)76-100-106(95,96)102-80-83(104-87(92)74-70-66-62-58-54-50-44-35-31-27-23-19-15-11-7-3)78-98-85(90)72-68-64-60-56-52-49-46-43-41-39-37-34-30-26-22-18-14-10-6-2/h9-10,13-14,16,20-22,25-26,28,32-34,36-37,40-43,49,52,81-83,88H,5-8,11-12,15,17-19,23-24,27,29-31,35,38-39,44-48,50-51,53-80H2,1-4H3,(H,93,94)(H,95,96)/b13-9-,14-10-,20-16-,25-21-,26-22-,32-28-,36-33-,37-34-,42-40-,43-41-,52-49-. The fourth-order valence-corrected chi connectivity index (χ4v) is 12.4. The van der Waals surface area contributed by atoms with Gasteiger partial charge in [-0.25, -0.2) is 9.13 Å². The van der Waals surface area contributed by atoms with Gasteiger partial charge in [0.2, 0.25) is 0 Å². The summed E-state index contributed by atoms with van der Waals surface area (Å²) in [5.41, 5.74) is 0. The van der Waals surface area contributed by atoms with Crippen molar-refractivity contribution in [1.82, 2.24) is 0 Å². The smallest absolute Gasteiger partial charge is 0.462 e. The number of rotatable bonds is 77. The fraction of sp³-hybridized carbons (Fsp3) is 0.701. The van der Waals surface area contributed by atoms with E-state index >= 15 is 0 Å². The van der Waals surface area contributed by atoms with Gasteiger partial charge in [0.15, 0.2) is 12.2 Å². The van der Waals surface area contributed by atoms with Crippen molar-refractivity contribution in [1.29, 1.82) is 0 Å². The van der Waals surface area contributed by atoms with E-state index in [1.54, 1.807) is 0 Å². The number of allylic oxidation sites excluding steroid dienone is 22. The summed E-state index contributed by atoms with van der Waals surface area (Å²) in [4.78, 5) is 73.1. The number of esters is 4. The second-order valence-corrected chi connectivity index (χ2v) is 30.2. The average Bonchev–Trinajstić information content (AvgIpc) is 0.933. The van der Waals surface area contributed by atoms with Gasteiger partial charge in [0.05, 0.1) is 26.4 Å². The molecule has 0 aromatic rings. The van der Waals surface area contributed by atoms with Gasteiger partial charge in [0.1, 0.15) is 19.3 Å². The molecule has 0 aliphatic carbocycles. The SMILES string of the molecule is CC/C=C\C/C=C\C/C=C\C/C=C\C/C=C\CCCCCC(=O)OCC(COP(=O)(O)OCC(O)COP(=O)(O)OCC(COC(=O)CCCCCCCC/C=C\C/C=C\C/C=C\C/C=C\CC)OC(=O)CCCCCCC/C=C\C/C=C\CCC)OC(=O)CCCCCCCCCCCCCCCCC. The fourth-order valence-electron chi connectivity index (χ4n) is 10.9. The number of carbonyl (C=O) groups excluding carboxylic acids is 4. The largest absolute Gasteiger partial charge is 0.472 e. The first-order chi connectivity index (χ1) is 51.7. The van der Waals surface area contributed by atoms with Crippen LogP contribution < -0.4 is 0 Å². The second kappa shape index (κ2) is 78.3. The molecule has 0 aliphatic heterocycles. The van der Waals surface area contributed by atoms with Crippen LogP contribution in [0.4, 0.5) is 0 Å². The highest BCUT2D eigenvalue weighted by atomic mass is 31.2. The van der Waals surface area contributed by atoms with Crippen LogP contribution in [0.25, 0.3) is 0 Å². The van der Waals surface area contributed by atoms with E-state index in [4.69, 9.17) is 37.0 Å². The van der Waals surface area contributed by atoms with Crippen molar-refractivity contribution in [3.63, 3.8) is 0 Å². The van der Waals surface area contributed by atoms with Crippen molar-refractivity contribution in [3.05, 3.63) is 134 Å². The summed E-state index contributed by atoms with van der Waals surface area (Å²) < 4.78 is 68.7. The Morgan fingerprint density at radius 3 is 0.802 bits per heavy atom. The van der Waals surface area contributed by atoms with Crippen LogP contribution in [0, 0.1) is 0 Å². The zero-order valence-electron chi connectivity index (χ0n) is 66.6. The number of phosphoric acid groups is 2. The molecule has 106 heavy (non-hydrogen) atoms. The minimum Gasteiger partial charge on any atom is -0.462 e. The van der Waals surface area contributed by atoms with E-state index in [2.05, 4.69) is 161 Å². The molecule has 0 aromatic heterocycles. The van der Waals surface area contributed by atoms with Crippen LogP contribution in [0.2, 0.25) is 0 Å². The maximum Gasteiger partial charge on any atom is 0.472 e. The molecule has 0 saturated heterocycles. The Labute approximate surface area is 644 Å². The van der Waals surface area contributed by atoms with Gasteiger partial charge in [-0.2, -0.15) is 0 Å². The molecule has 5 unspecified atom stereocenters. The predicted octanol–water partition coefficient (Wildman–Crippen LogP) is 24.4. The average molecular weight is 1530 g/mol. The number of unbranched alkanes of at least 4 members (excludes halogenated alkanes) is 29. The molecule has 0 radical (unpaired) electrons. The number of ether oxygens (including phenoxy) is 4. The summed E-state index contributed by atoms with van der Waals surface area (Å²) in [6, 6.07) is 0. The van der Waals surface area contributed by atoms with Crippen molar-refractivity contribution in [3.8, 4) is 0 Å². The molecular formula is C87H148O17P2. The molecule has 3 N–H and O–H groups in total. The van der Waals surface area contributed by atoms with Gasteiger partial charge in [-0.05, 0) is 135 Å². The third-order valence-corrected chi connectivity index (χ3v) is 19.0. The molecule has 0 saturated carbocycles. The number of hydrogen-bond acceptors (Lipinski definition) is 15. The number of phosphoric ester groups is 2. The molecule has 0 fully saturated rings. The molecule has 0 heterocycles. The van der Waals surface area contributed by atoms with Crippen molar-refractivity contribution in [2.45, 2.75) is 354 Å². The first-order valence-electron chi connectivity index (χ1n) is 41.4. The minimum atomic E-state index is -4.99. The maximum absolute atomic E-state index is 13.1. The molecule has 0 bridgehead atoms. The molecule has 0 aliphatic rings. The van der Waals surface area contributed by atoms with Crippen LogP contribution in [0.3, 0.4) is 0 Å². The number of hydrogen-bond donors (Lipinski definition) is 3. The van der Waals surface area contributed by atoms with E-state index in [1.807, 2.05) is 0 Å². The Kier molecular flexibility index (Phi) is 74.8. The molecule has 5 atom stereocenters. The molecule has 0 amide bonds. The lowest BCUT2D eigenvalue weighted by Gasteiger charge is -2.21. The zero-order chi connectivity index (χ0) is 77.4. The van der Waals surface area contributed by atoms with E-state index in [9.17, 15) is 43.2 Å². The Balaban J connectivity index is 5.38. The van der Waals surface area contributed by atoms with Crippen molar-refractivity contribution >= 4 is 39.5 Å². The molecule has 0 spiro atoms. The van der Waals surface area contributed by atoms with Crippen LogP contribution in [-0.4, -0.2) is 96.7 Å². The summed E-state index contributed by atoms with van der Waals surface area (Å²) in [7, 11) is -9.98. The lowest BCUT2D eigenvalue weighted by Crippen LogP contribution is -2.30. The van der Waals surface area contributed by atoms with Crippen molar-refractivity contribution in [2.75, 3.05) is 39.6 Å². The van der Waals surface area contributed by atoms with E-state index in [0.29, 0.717) is 25.7 Å². The first-order valence-corrected chi connectivity index (χ1v) is 44.4. The quantitative estimate of drug-likeness (QED) is 0.0169. The van der Waals surface area contributed by atoms with Crippen LogP contribution in [0.1, 0.15) is 336 Å². The summed E-state index contributed by atoms with van der Waals surface area (Å²) in [6.45, 7) is 4.55. The Morgan fingerprint density at radius 2 is 0.509 bits per heavy atom. The van der Waals surface area contributed by atoms with Gasteiger partial charge in [-0.1, -0.05) is 309 Å². The Hall–Kier alpha value is -4.80. The summed E-state index contributed by atoms with van der Waals surface area (Å²) >= 11 is 0. The van der Waals surface area contributed by atoms with Crippen LogP contribution in [0.5, 0.6) is 0 Å². The number of carbonyl (C=O) groups is 4. The van der Waals surface area contributed by atoms with E-state index in [-0.39, 0.29) is 25.7 Å². The van der Waals surface area contributed by atoms with Gasteiger partial charge in [0, 0.05) is 25.7 Å². The third-order valence-electron chi connectivity index (χ3n) is 17.1. The first kappa shape index (κ1) is 101. The van der Waals surface area contributed by atoms with Crippen LogP contribution >= 0.6 is 15.6 Å². The maximum atomic E-state index is 13.1. The molecule has 0 aromatic carbocycles. The highest BCUT2D eigenvalue weighted by Gasteiger charge is 2.30. The Morgan fingerprint density at radius 1 is 0.274 bits per heavy atom. The molecule has 0 rings (SSSR count). The molecule has 17 nitrogen and oxygen atoms in total. The van der Waals surface area contributed by atoms with Gasteiger partial charge in [-0.3, -0.25) is 37.3 Å². The van der Waals surface area contributed by atoms with Gasteiger partial charge >= 0.3 is 39.5 Å².